The van der Waals surface area contributed by atoms with Crippen LogP contribution in [0.3, 0.4) is 0 Å². The highest BCUT2D eigenvalue weighted by molar-refractivity contribution is 6.28. The van der Waals surface area contributed by atoms with Crippen molar-refractivity contribution in [3.8, 4) is 0 Å². The number of aliphatic carboxylic acids is 1. The molecule has 3 rings (SSSR count). The number of halogens is 1. The van der Waals surface area contributed by atoms with Gasteiger partial charge in [-0.05, 0) is 81.6 Å². The van der Waals surface area contributed by atoms with Gasteiger partial charge in [-0.15, -0.1) is 0 Å². The molecule has 2 aromatic rings. The lowest BCUT2D eigenvalue weighted by atomic mass is 9.73. The third-order valence-corrected chi connectivity index (χ3v) is 5.85. The van der Waals surface area contributed by atoms with Gasteiger partial charge in [0, 0.05) is 5.92 Å². The smallest absolute Gasteiger partial charge is 0.418 e. The van der Waals surface area contributed by atoms with Crippen LogP contribution >= 0.6 is 0 Å². The van der Waals surface area contributed by atoms with Crippen LogP contribution in [0.5, 0.6) is 0 Å². The molecule has 0 spiro atoms. The summed E-state index contributed by atoms with van der Waals surface area (Å²) in [6, 6.07) is 14.0. The first-order valence-electron chi connectivity index (χ1n) is 10.3. The molecule has 2 aromatic carbocycles. The maximum Gasteiger partial charge on any atom is 0.418 e. The maximum atomic E-state index is 13.6. The number of carboxylic acids is 1. The van der Waals surface area contributed by atoms with E-state index in [1.165, 1.54) is 12.1 Å². The first-order valence-corrected chi connectivity index (χ1v) is 10.3. The molecule has 0 saturated carbocycles. The van der Waals surface area contributed by atoms with Gasteiger partial charge in [0.1, 0.15) is 11.4 Å². The quantitative estimate of drug-likeness (QED) is 0.439. The Bertz CT molecular complexity index is 896. The van der Waals surface area contributed by atoms with Gasteiger partial charge in [-0.2, -0.15) is 0 Å². The molecule has 0 radical (unpaired) electrons. The van der Waals surface area contributed by atoms with Gasteiger partial charge in [-0.25, -0.2) is 14.0 Å². The number of aryl methyl sites for hydroxylation is 1. The second-order valence-electron chi connectivity index (χ2n) is 8.14. The molecular formula is C24H28FNO4. The molecule has 160 valence electrons. The number of hydrogen-bond donors (Lipinski definition) is 1. The van der Waals surface area contributed by atoms with Gasteiger partial charge in [-0.1, -0.05) is 36.4 Å². The van der Waals surface area contributed by atoms with Crippen molar-refractivity contribution in [2.45, 2.75) is 43.6 Å². The van der Waals surface area contributed by atoms with Gasteiger partial charge < -0.3 is 14.7 Å². The van der Waals surface area contributed by atoms with Crippen molar-refractivity contribution in [2.24, 2.45) is 0 Å². The summed E-state index contributed by atoms with van der Waals surface area (Å²) in [4.78, 5) is 25.9. The van der Waals surface area contributed by atoms with Crippen molar-refractivity contribution < 1.29 is 23.8 Å². The summed E-state index contributed by atoms with van der Waals surface area (Å²) in [5.74, 6) is -3.48. The molecule has 0 amide bonds. The fourth-order valence-corrected chi connectivity index (χ4v) is 4.55. The first-order chi connectivity index (χ1) is 14.3. The lowest BCUT2D eigenvalue weighted by Crippen LogP contribution is -2.41. The third-order valence-electron chi connectivity index (χ3n) is 5.85. The Morgan fingerprint density at radius 1 is 1.17 bits per heavy atom. The zero-order valence-electron chi connectivity index (χ0n) is 17.4. The van der Waals surface area contributed by atoms with E-state index in [4.69, 9.17) is 4.74 Å². The van der Waals surface area contributed by atoms with E-state index in [1.807, 2.05) is 43.3 Å². The van der Waals surface area contributed by atoms with E-state index in [9.17, 15) is 19.1 Å². The Morgan fingerprint density at radius 3 is 2.53 bits per heavy atom. The van der Waals surface area contributed by atoms with E-state index in [0.717, 1.165) is 36.1 Å². The lowest BCUT2D eigenvalue weighted by Gasteiger charge is -2.41. The van der Waals surface area contributed by atoms with Crippen LogP contribution in [0.1, 0.15) is 48.3 Å². The average molecular weight is 413 g/mol. The van der Waals surface area contributed by atoms with Gasteiger partial charge in [0.15, 0.2) is 0 Å². The average Bonchev–Trinajstić information content (AvgIpc) is 2.86. The van der Waals surface area contributed by atoms with Crippen LogP contribution < -0.4 is 0 Å². The largest absolute Gasteiger partial charge is 0.473 e. The molecule has 0 aliphatic heterocycles. The number of benzene rings is 2. The summed E-state index contributed by atoms with van der Waals surface area (Å²) < 4.78 is 19.5. The summed E-state index contributed by atoms with van der Waals surface area (Å²) in [7, 11) is 3.93. The van der Waals surface area contributed by atoms with Crippen molar-refractivity contribution >= 4 is 11.9 Å². The van der Waals surface area contributed by atoms with Crippen molar-refractivity contribution in [1.29, 1.82) is 0 Å². The van der Waals surface area contributed by atoms with E-state index in [0.29, 0.717) is 19.3 Å². The molecule has 30 heavy (non-hydrogen) atoms. The number of rotatable bonds is 6. The van der Waals surface area contributed by atoms with Crippen LogP contribution in [0.25, 0.3) is 0 Å². The molecule has 0 heterocycles. The Labute approximate surface area is 176 Å². The van der Waals surface area contributed by atoms with Crippen molar-refractivity contribution in [1.82, 2.24) is 4.90 Å². The molecule has 0 aromatic heterocycles. The minimum atomic E-state index is -1.61. The van der Waals surface area contributed by atoms with E-state index in [-0.39, 0.29) is 11.7 Å². The lowest BCUT2D eigenvalue weighted by molar-refractivity contribution is -0.179. The highest BCUT2D eigenvalue weighted by Gasteiger charge is 2.47. The van der Waals surface area contributed by atoms with Gasteiger partial charge in [0.2, 0.25) is 0 Å². The predicted molar refractivity (Wildman–Crippen MR) is 112 cm³/mol. The number of hydrogen-bond acceptors (Lipinski definition) is 4. The number of carbonyl (C=O) groups excluding carboxylic acids is 1. The minimum absolute atomic E-state index is 0.271. The number of carbonyl (C=O) groups is 2. The molecule has 5 nitrogen and oxygen atoms in total. The van der Waals surface area contributed by atoms with Gasteiger partial charge in [0.05, 0.1) is 0 Å². The van der Waals surface area contributed by atoms with Crippen LogP contribution in [0.15, 0.2) is 48.5 Å². The molecule has 1 aliphatic rings. The number of carboxylic acid groups (broad SMARTS) is 1. The second kappa shape index (κ2) is 9.39. The fourth-order valence-electron chi connectivity index (χ4n) is 4.55. The van der Waals surface area contributed by atoms with Crippen molar-refractivity contribution in [3.63, 3.8) is 0 Å². The van der Waals surface area contributed by atoms with Crippen LogP contribution in [0.4, 0.5) is 4.39 Å². The Morgan fingerprint density at radius 2 is 1.87 bits per heavy atom. The van der Waals surface area contributed by atoms with Crippen LogP contribution in [-0.2, 0) is 26.3 Å². The van der Waals surface area contributed by atoms with Crippen LogP contribution in [-0.4, -0.2) is 42.6 Å². The standard InChI is InChI=1S/C24H28FNO4/c1-26(2)16-6-15-24(30-23(29)22(27)28)20-9-4-3-7-17(20)8-5-10-21(24)18-11-13-19(25)14-12-18/h3-4,7,9,11-14,21H,5-6,8,10,15-16H2,1-2H3,(H,27,28)/t21-,24+/m1/s1. The molecule has 0 unspecified atom stereocenters. The van der Waals surface area contributed by atoms with Crippen LogP contribution in [0.2, 0.25) is 0 Å². The van der Waals surface area contributed by atoms with Crippen molar-refractivity contribution in [2.75, 3.05) is 20.6 Å². The molecule has 0 fully saturated rings. The second-order valence-corrected chi connectivity index (χ2v) is 8.14. The molecule has 1 aliphatic carbocycles. The van der Waals surface area contributed by atoms with Gasteiger partial charge in [0.25, 0.3) is 0 Å². The zero-order chi connectivity index (χ0) is 21.7. The van der Waals surface area contributed by atoms with E-state index < -0.39 is 17.5 Å². The van der Waals surface area contributed by atoms with Gasteiger partial charge in [-0.3, -0.25) is 0 Å². The number of ether oxygens (including phenoxy) is 1. The van der Waals surface area contributed by atoms with Crippen molar-refractivity contribution in [3.05, 3.63) is 71.0 Å². The highest BCUT2D eigenvalue weighted by Crippen LogP contribution is 2.50. The van der Waals surface area contributed by atoms with E-state index in [2.05, 4.69) is 0 Å². The number of esters is 1. The molecule has 1 N–H and O–H groups in total. The summed E-state index contributed by atoms with van der Waals surface area (Å²) in [6.07, 6.45) is 3.57. The molecule has 0 bridgehead atoms. The Balaban J connectivity index is 2.17. The molecule has 0 saturated heterocycles. The molecule has 2 atom stereocenters. The minimum Gasteiger partial charge on any atom is -0.473 e. The Kier molecular flexibility index (Phi) is 6.87. The number of fused-ring (bicyclic) bond motifs is 1. The number of nitrogens with zero attached hydrogens (tertiary/aromatic N) is 1. The summed E-state index contributed by atoms with van der Waals surface area (Å²) in [5.41, 5.74) is 1.63. The summed E-state index contributed by atoms with van der Waals surface area (Å²) in [6.45, 7) is 0.769. The summed E-state index contributed by atoms with van der Waals surface area (Å²) in [5, 5.41) is 9.32. The monoisotopic (exact) mass is 413 g/mol. The third kappa shape index (κ3) is 4.70. The van der Waals surface area contributed by atoms with E-state index >= 15 is 0 Å². The predicted octanol–water partition coefficient (Wildman–Crippen LogP) is 4.11. The fraction of sp³-hybridized carbons (Fsp3) is 0.417. The normalized spacial score (nSPS) is 21.0. The SMILES string of the molecule is CN(C)CCC[C@]1(OC(=O)C(=O)O)c2ccccc2CCC[C@@H]1c1ccc(F)cc1. The zero-order valence-corrected chi connectivity index (χ0v) is 17.4. The van der Waals surface area contributed by atoms with Crippen LogP contribution in [0, 0.1) is 5.82 Å². The topological polar surface area (TPSA) is 66.8 Å². The maximum absolute atomic E-state index is 13.6. The summed E-state index contributed by atoms with van der Waals surface area (Å²) >= 11 is 0. The molecule has 6 heteroatoms. The van der Waals surface area contributed by atoms with Gasteiger partial charge >= 0.3 is 11.9 Å². The van der Waals surface area contributed by atoms with E-state index in [1.54, 1.807) is 12.1 Å². The molecular weight excluding hydrogens is 385 g/mol. The Hall–Kier alpha value is -2.73. The first kappa shape index (κ1) is 22.0. The highest BCUT2D eigenvalue weighted by atomic mass is 19.1.